The summed E-state index contributed by atoms with van der Waals surface area (Å²) in [5.41, 5.74) is 9.36. The molecule has 1 atom stereocenters. The first kappa shape index (κ1) is 9.30. The fraction of sp³-hybridized carbons (Fsp3) is 0.100. The topological polar surface area (TPSA) is 38.9 Å². The molecule has 0 radical (unpaired) electrons. The van der Waals surface area contributed by atoms with Crippen LogP contribution in [0.25, 0.3) is 0 Å². The second-order valence-corrected chi connectivity index (χ2v) is 3.66. The Morgan fingerprint density at radius 1 is 1.29 bits per heavy atom. The average molecular weight is 208 g/mol. The molecule has 1 heterocycles. The molecule has 2 nitrogen and oxygen atoms in total. The molecular weight excluding hydrogens is 199 g/mol. The lowest BCUT2D eigenvalue weighted by atomic mass is 10.1. The van der Waals surface area contributed by atoms with Crippen LogP contribution in [0.4, 0.5) is 4.39 Å². The molecule has 1 aromatic heterocycles. The van der Waals surface area contributed by atoms with Crippen LogP contribution in [0.15, 0.2) is 35.2 Å². The number of halogens is 1. The van der Waals surface area contributed by atoms with E-state index in [-0.39, 0.29) is 11.9 Å². The second kappa shape index (κ2) is 3.86. The van der Waals surface area contributed by atoms with Crippen molar-refractivity contribution in [3.05, 3.63) is 52.2 Å². The zero-order valence-corrected chi connectivity index (χ0v) is 8.17. The quantitative estimate of drug-likeness (QED) is 0.822. The lowest BCUT2D eigenvalue weighted by Crippen LogP contribution is -2.11. The number of benzene rings is 1. The number of nitrogens with two attached hydrogens (primary N) is 1. The van der Waals surface area contributed by atoms with Crippen LogP contribution >= 0.6 is 11.3 Å². The van der Waals surface area contributed by atoms with E-state index in [4.69, 9.17) is 5.73 Å². The molecule has 2 aromatic rings. The van der Waals surface area contributed by atoms with Gasteiger partial charge in [0, 0.05) is 5.38 Å². The Bertz CT molecular complexity index is 397. The van der Waals surface area contributed by atoms with Gasteiger partial charge in [0.05, 0.1) is 17.2 Å². The minimum Gasteiger partial charge on any atom is -0.319 e. The SMILES string of the molecule is NC(c1ccc(F)cc1)c1cscn1. The summed E-state index contributed by atoms with van der Waals surface area (Å²) in [5.74, 6) is -0.251. The van der Waals surface area contributed by atoms with Crippen molar-refractivity contribution in [3.63, 3.8) is 0 Å². The summed E-state index contributed by atoms with van der Waals surface area (Å²) >= 11 is 1.50. The number of aromatic nitrogens is 1. The van der Waals surface area contributed by atoms with Gasteiger partial charge in [0.15, 0.2) is 0 Å². The maximum absolute atomic E-state index is 12.6. The van der Waals surface area contributed by atoms with Crippen LogP contribution < -0.4 is 5.73 Å². The molecule has 0 bridgehead atoms. The van der Waals surface area contributed by atoms with Gasteiger partial charge in [-0.15, -0.1) is 11.3 Å². The van der Waals surface area contributed by atoms with Gasteiger partial charge in [-0.25, -0.2) is 9.37 Å². The van der Waals surface area contributed by atoms with Gasteiger partial charge in [0.2, 0.25) is 0 Å². The Balaban J connectivity index is 2.28. The van der Waals surface area contributed by atoms with Crippen molar-refractivity contribution in [3.8, 4) is 0 Å². The van der Waals surface area contributed by atoms with E-state index in [0.717, 1.165) is 11.3 Å². The maximum Gasteiger partial charge on any atom is 0.123 e. The molecule has 0 spiro atoms. The predicted molar refractivity (Wildman–Crippen MR) is 54.5 cm³/mol. The van der Waals surface area contributed by atoms with E-state index in [9.17, 15) is 4.39 Å². The number of hydrogen-bond acceptors (Lipinski definition) is 3. The summed E-state index contributed by atoms with van der Waals surface area (Å²) in [6, 6.07) is 5.91. The van der Waals surface area contributed by atoms with Crippen molar-refractivity contribution < 1.29 is 4.39 Å². The minimum atomic E-state index is -0.262. The highest BCUT2D eigenvalue weighted by Gasteiger charge is 2.09. The van der Waals surface area contributed by atoms with Gasteiger partial charge in [0.25, 0.3) is 0 Å². The molecular formula is C10H9FN2S. The third-order valence-corrected chi connectivity index (χ3v) is 2.60. The molecule has 14 heavy (non-hydrogen) atoms. The summed E-state index contributed by atoms with van der Waals surface area (Å²) in [5, 5.41) is 1.90. The van der Waals surface area contributed by atoms with E-state index >= 15 is 0 Å². The molecule has 0 saturated heterocycles. The molecule has 0 aliphatic heterocycles. The largest absolute Gasteiger partial charge is 0.319 e. The molecule has 4 heteroatoms. The van der Waals surface area contributed by atoms with Gasteiger partial charge in [-0.05, 0) is 17.7 Å². The minimum absolute atomic E-state index is 0.251. The van der Waals surface area contributed by atoms with Gasteiger partial charge in [-0.2, -0.15) is 0 Å². The Hall–Kier alpha value is -1.26. The Kier molecular flexibility index (Phi) is 2.56. The molecule has 0 fully saturated rings. The van der Waals surface area contributed by atoms with Crippen molar-refractivity contribution in [1.82, 2.24) is 4.98 Å². The smallest absolute Gasteiger partial charge is 0.123 e. The first-order valence-corrected chi connectivity index (χ1v) is 5.11. The van der Waals surface area contributed by atoms with Gasteiger partial charge < -0.3 is 5.73 Å². The van der Waals surface area contributed by atoms with Crippen LogP contribution in [0, 0.1) is 5.82 Å². The summed E-state index contributed by atoms with van der Waals surface area (Å²) in [6.45, 7) is 0. The standard InChI is InChI=1S/C10H9FN2S/c11-8-3-1-7(2-4-8)10(12)9-5-14-6-13-9/h1-6,10H,12H2. The normalized spacial score (nSPS) is 12.7. The third-order valence-electron chi connectivity index (χ3n) is 2.00. The van der Waals surface area contributed by atoms with E-state index in [1.165, 1.54) is 23.5 Å². The third kappa shape index (κ3) is 1.81. The lowest BCUT2D eigenvalue weighted by molar-refractivity contribution is 0.626. The van der Waals surface area contributed by atoms with Crippen molar-refractivity contribution in [2.45, 2.75) is 6.04 Å². The van der Waals surface area contributed by atoms with E-state index < -0.39 is 0 Å². The molecule has 2 rings (SSSR count). The number of hydrogen-bond donors (Lipinski definition) is 1. The highest BCUT2D eigenvalue weighted by atomic mass is 32.1. The zero-order chi connectivity index (χ0) is 9.97. The Labute approximate surface area is 85.2 Å². The van der Waals surface area contributed by atoms with Crippen molar-refractivity contribution in [2.24, 2.45) is 5.73 Å². The molecule has 0 aliphatic rings. The highest BCUT2D eigenvalue weighted by Crippen LogP contribution is 2.19. The summed E-state index contributed by atoms with van der Waals surface area (Å²) in [7, 11) is 0. The van der Waals surface area contributed by atoms with E-state index in [1.807, 2.05) is 5.38 Å². The van der Waals surface area contributed by atoms with Crippen molar-refractivity contribution >= 4 is 11.3 Å². The fourth-order valence-corrected chi connectivity index (χ4v) is 1.81. The Morgan fingerprint density at radius 2 is 2.00 bits per heavy atom. The van der Waals surface area contributed by atoms with Crippen LogP contribution in [0.5, 0.6) is 0 Å². The van der Waals surface area contributed by atoms with Crippen LogP contribution in [0.3, 0.4) is 0 Å². The molecule has 1 aromatic carbocycles. The van der Waals surface area contributed by atoms with Gasteiger partial charge in [-0.1, -0.05) is 12.1 Å². The summed E-state index contributed by atoms with van der Waals surface area (Å²) < 4.78 is 12.6. The lowest BCUT2D eigenvalue weighted by Gasteiger charge is -2.08. The van der Waals surface area contributed by atoms with E-state index in [0.29, 0.717) is 0 Å². The van der Waals surface area contributed by atoms with Crippen LogP contribution in [-0.4, -0.2) is 4.98 Å². The fourth-order valence-electron chi connectivity index (χ4n) is 1.22. The molecule has 72 valence electrons. The zero-order valence-electron chi connectivity index (χ0n) is 7.35. The molecule has 2 N–H and O–H groups in total. The molecule has 0 saturated carbocycles. The van der Waals surface area contributed by atoms with Crippen LogP contribution in [0.1, 0.15) is 17.3 Å². The molecule has 1 unspecified atom stereocenters. The number of nitrogens with zero attached hydrogens (tertiary/aromatic N) is 1. The summed E-state index contributed by atoms with van der Waals surface area (Å²) in [4.78, 5) is 4.11. The predicted octanol–water partition coefficient (Wildman–Crippen LogP) is 2.33. The van der Waals surface area contributed by atoms with Crippen molar-refractivity contribution in [2.75, 3.05) is 0 Å². The van der Waals surface area contributed by atoms with Crippen LogP contribution in [0.2, 0.25) is 0 Å². The van der Waals surface area contributed by atoms with Crippen LogP contribution in [-0.2, 0) is 0 Å². The highest BCUT2D eigenvalue weighted by molar-refractivity contribution is 7.07. The maximum atomic E-state index is 12.6. The van der Waals surface area contributed by atoms with E-state index in [1.54, 1.807) is 17.6 Å². The van der Waals surface area contributed by atoms with Crippen molar-refractivity contribution in [1.29, 1.82) is 0 Å². The first-order valence-electron chi connectivity index (χ1n) is 4.16. The molecule has 0 aliphatic carbocycles. The van der Waals surface area contributed by atoms with Gasteiger partial charge >= 0.3 is 0 Å². The van der Waals surface area contributed by atoms with E-state index in [2.05, 4.69) is 4.98 Å². The first-order chi connectivity index (χ1) is 6.77. The number of rotatable bonds is 2. The summed E-state index contributed by atoms with van der Waals surface area (Å²) in [6.07, 6.45) is 0. The number of thiazole rings is 1. The molecule has 0 amide bonds. The van der Waals surface area contributed by atoms with Gasteiger partial charge in [0.1, 0.15) is 5.82 Å². The Morgan fingerprint density at radius 3 is 2.57 bits per heavy atom. The second-order valence-electron chi connectivity index (χ2n) is 2.94. The monoisotopic (exact) mass is 208 g/mol. The van der Waals surface area contributed by atoms with Gasteiger partial charge in [-0.3, -0.25) is 0 Å². The average Bonchev–Trinajstić information content (AvgIpc) is 2.71.